The number of nitrogens with one attached hydrogen (secondary N) is 1. The first-order valence-corrected chi connectivity index (χ1v) is 15.0. The average molecular weight is 526 g/mol. The number of nitrogens with zero attached hydrogens (tertiary/aromatic N) is 4. The maximum atomic E-state index is 14.3. The monoisotopic (exact) mass is 525 g/mol. The lowest BCUT2D eigenvalue weighted by atomic mass is 9.97. The Morgan fingerprint density at radius 1 is 1.22 bits per heavy atom. The fourth-order valence-corrected chi connectivity index (χ4v) is 8.07. The second-order valence-corrected chi connectivity index (χ2v) is 13.7. The van der Waals surface area contributed by atoms with Crippen LogP contribution in [-0.4, -0.2) is 51.2 Å². The van der Waals surface area contributed by atoms with E-state index in [1.54, 1.807) is 19.2 Å². The SMILES string of the molecule is Cc1nc(N[C@H](C)c2cccc3c2CCC3(F)F)c2cc(P3(=O)CCN(C(=O)C4CC4)CC3)ncc2n1. The van der Waals surface area contributed by atoms with E-state index in [-0.39, 0.29) is 29.9 Å². The van der Waals surface area contributed by atoms with Gasteiger partial charge in [0, 0.05) is 48.7 Å². The Morgan fingerprint density at radius 3 is 2.70 bits per heavy atom. The molecular weight excluding hydrogens is 495 g/mol. The summed E-state index contributed by atoms with van der Waals surface area (Å²) in [7, 11) is -2.78. The minimum atomic E-state index is -2.80. The van der Waals surface area contributed by atoms with Crippen LogP contribution in [0.25, 0.3) is 10.9 Å². The Labute approximate surface area is 214 Å². The molecule has 194 valence electrons. The third-order valence-corrected chi connectivity index (χ3v) is 10.8. The van der Waals surface area contributed by atoms with E-state index in [2.05, 4.69) is 20.3 Å². The molecule has 0 radical (unpaired) electrons. The van der Waals surface area contributed by atoms with Crippen molar-refractivity contribution in [3.8, 4) is 0 Å². The van der Waals surface area contributed by atoms with Gasteiger partial charge in [0.25, 0.3) is 5.92 Å². The molecule has 1 aliphatic heterocycles. The number of rotatable bonds is 5. The molecule has 1 saturated heterocycles. The third kappa shape index (κ3) is 4.41. The van der Waals surface area contributed by atoms with Crippen LogP contribution in [0.1, 0.15) is 54.7 Å². The maximum Gasteiger partial charge on any atom is 0.273 e. The average Bonchev–Trinajstić information content (AvgIpc) is 3.68. The number of halogens is 2. The van der Waals surface area contributed by atoms with Crippen molar-refractivity contribution >= 4 is 35.2 Å². The van der Waals surface area contributed by atoms with Crippen LogP contribution in [0, 0.1) is 12.8 Å². The predicted molar refractivity (Wildman–Crippen MR) is 139 cm³/mol. The summed E-state index contributed by atoms with van der Waals surface area (Å²) in [6, 6.07) is 6.62. The van der Waals surface area contributed by atoms with Gasteiger partial charge in [-0.3, -0.25) is 9.78 Å². The third-order valence-electron chi connectivity index (χ3n) is 7.91. The van der Waals surface area contributed by atoms with Crippen molar-refractivity contribution in [1.82, 2.24) is 19.9 Å². The summed E-state index contributed by atoms with van der Waals surface area (Å²) in [6.07, 6.45) is 4.56. The molecule has 7 nitrogen and oxygen atoms in total. The number of pyridine rings is 1. The molecule has 1 atom stereocenters. The number of carbonyl (C=O) groups excluding carboxylic acids is 1. The van der Waals surface area contributed by atoms with Crippen molar-refractivity contribution in [2.24, 2.45) is 5.92 Å². The quantitative estimate of drug-likeness (QED) is 0.483. The molecule has 0 spiro atoms. The molecule has 2 aliphatic carbocycles. The van der Waals surface area contributed by atoms with Gasteiger partial charge in [-0.15, -0.1) is 0 Å². The van der Waals surface area contributed by atoms with Crippen molar-refractivity contribution in [3.63, 3.8) is 0 Å². The summed E-state index contributed by atoms with van der Waals surface area (Å²) in [5.74, 6) is -1.33. The fourth-order valence-electron chi connectivity index (χ4n) is 5.63. The van der Waals surface area contributed by atoms with E-state index in [1.807, 2.05) is 24.0 Å². The van der Waals surface area contributed by atoms with Crippen molar-refractivity contribution in [2.75, 3.05) is 30.7 Å². The number of fused-ring (bicyclic) bond motifs is 2. The van der Waals surface area contributed by atoms with Gasteiger partial charge in [0.2, 0.25) is 5.91 Å². The molecular formula is C27H30F2N5O2P. The standard InChI is InChI=1S/C27H30F2N5O2P/c1-16(19-4-3-5-22-20(19)8-9-27(22,28)29)31-25-21-14-24(30-15-23(21)32-17(2)33-25)37(36)12-10-34(11-13-37)26(35)18-6-7-18/h3-5,14-16,18H,6-13H2,1-2H3,(H,31,32,33)/t16-/m1/s1. The van der Waals surface area contributed by atoms with Gasteiger partial charge in [-0.2, -0.15) is 0 Å². The molecule has 1 N–H and O–H groups in total. The number of hydrogen-bond donors (Lipinski definition) is 1. The minimum absolute atomic E-state index is 0.110. The largest absolute Gasteiger partial charge is 0.363 e. The number of amides is 1. The van der Waals surface area contributed by atoms with Gasteiger partial charge < -0.3 is 14.8 Å². The first-order valence-electron chi connectivity index (χ1n) is 12.9. The topological polar surface area (TPSA) is 88.1 Å². The van der Waals surface area contributed by atoms with Gasteiger partial charge in [0.05, 0.1) is 17.8 Å². The number of carbonyl (C=O) groups is 1. The molecule has 3 heterocycles. The number of hydrogen-bond acceptors (Lipinski definition) is 6. The summed E-state index contributed by atoms with van der Waals surface area (Å²) in [4.78, 5) is 27.9. The Balaban J connectivity index is 1.30. The number of aromatic nitrogens is 3. The first-order chi connectivity index (χ1) is 17.6. The summed E-state index contributed by atoms with van der Waals surface area (Å²) in [5.41, 5.74) is 2.79. The van der Waals surface area contributed by atoms with Crippen LogP contribution in [0.2, 0.25) is 0 Å². The summed E-state index contributed by atoms with van der Waals surface area (Å²) >= 11 is 0. The van der Waals surface area contributed by atoms with E-state index in [4.69, 9.17) is 0 Å². The van der Waals surface area contributed by atoms with Crippen LogP contribution < -0.4 is 10.8 Å². The van der Waals surface area contributed by atoms with Crippen molar-refractivity contribution < 1.29 is 18.1 Å². The van der Waals surface area contributed by atoms with Crippen LogP contribution in [0.3, 0.4) is 0 Å². The summed E-state index contributed by atoms with van der Waals surface area (Å²) < 4.78 is 42.6. The van der Waals surface area contributed by atoms with Crippen LogP contribution in [0.4, 0.5) is 14.6 Å². The smallest absolute Gasteiger partial charge is 0.273 e. The molecule has 2 fully saturated rings. The molecule has 0 unspecified atom stereocenters. The first kappa shape index (κ1) is 24.4. The van der Waals surface area contributed by atoms with E-state index in [1.165, 1.54) is 6.07 Å². The number of benzene rings is 1. The highest BCUT2D eigenvalue weighted by atomic mass is 31.2. The number of anilines is 1. The van der Waals surface area contributed by atoms with Gasteiger partial charge in [-0.05, 0) is 50.3 Å². The maximum absolute atomic E-state index is 14.3. The number of alkyl halides is 2. The highest BCUT2D eigenvalue weighted by Crippen LogP contribution is 2.47. The molecule has 1 aromatic carbocycles. The summed E-state index contributed by atoms with van der Waals surface area (Å²) in [6.45, 7) is 4.70. The van der Waals surface area contributed by atoms with E-state index in [9.17, 15) is 18.1 Å². The zero-order valence-corrected chi connectivity index (χ0v) is 21.9. The van der Waals surface area contributed by atoms with E-state index in [0.29, 0.717) is 65.4 Å². The van der Waals surface area contributed by atoms with Crippen molar-refractivity contribution in [1.29, 1.82) is 0 Å². The molecule has 37 heavy (non-hydrogen) atoms. The lowest BCUT2D eigenvalue weighted by Crippen LogP contribution is -2.42. The Hall–Kier alpha value is -2.93. The van der Waals surface area contributed by atoms with Crippen LogP contribution in [-0.2, 0) is 21.7 Å². The summed E-state index contributed by atoms with van der Waals surface area (Å²) in [5, 5.41) is 4.12. The van der Waals surface area contributed by atoms with Crippen LogP contribution in [0.5, 0.6) is 0 Å². The van der Waals surface area contributed by atoms with Gasteiger partial charge in [0.1, 0.15) is 24.2 Å². The molecule has 3 aromatic rings. The van der Waals surface area contributed by atoms with Crippen LogP contribution >= 0.6 is 7.14 Å². The molecule has 2 aromatic heterocycles. The zero-order valence-electron chi connectivity index (χ0n) is 21.0. The van der Waals surface area contributed by atoms with Crippen LogP contribution in [0.15, 0.2) is 30.5 Å². The second kappa shape index (κ2) is 8.83. The molecule has 6 rings (SSSR count). The molecule has 3 aliphatic rings. The Bertz CT molecular complexity index is 1450. The van der Waals surface area contributed by atoms with Crippen molar-refractivity contribution in [3.05, 3.63) is 53.0 Å². The molecule has 0 bridgehead atoms. The Morgan fingerprint density at radius 2 is 1.97 bits per heavy atom. The molecule has 1 amide bonds. The predicted octanol–water partition coefficient (Wildman–Crippen LogP) is 4.78. The van der Waals surface area contributed by atoms with E-state index >= 15 is 0 Å². The normalized spacial score (nSPS) is 21.0. The molecule has 1 saturated carbocycles. The Kier molecular flexibility index (Phi) is 5.82. The minimum Gasteiger partial charge on any atom is -0.363 e. The lowest BCUT2D eigenvalue weighted by molar-refractivity contribution is -0.132. The fraction of sp³-hybridized carbons (Fsp3) is 0.481. The second-order valence-electron chi connectivity index (χ2n) is 10.6. The van der Waals surface area contributed by atoms with E-state index < -0.39 is 13.1 Å². The van der Waals surface area contributed by atoms with Gasteiger partial charge in [-0.25, -0.2) is 18.7 Å². The lowest BCUT2D eigenvalue weighted by Gasteiger charge is -2.32. The number of aryl methyl sites for hydroxylation is 1. The zero-order chi connectivity index (χ0) is 25.9. The van der Waals surface area contributed by atoms with Crippen molar-refractivity contribution in [2.45, 2.75) is 51.5 Å². The van der Waals surface area contributed by atoms with Gasteiger partial charge in [-0.1, -0.05) is 18.2 Å². The highest BCUT2D eigenvalue weighted by molar-refractivity contribution is 7.71. The van der Waals surface area contributed by atoms with E-state index in [0.717, 1.165) is 18.4 Å². The molecule has 10 heteroatoms. The van der Waals surface area contributed by atoms with Gasteiger partial charge in [0.15, 0.2) is 0 Å². The van der Waals surface area contributed by atoms with Gasteiger partial charge >= 0.3 is 0 Å². The highest BCUT2D eigenvalue weighted by Gasteiger charge is 2.41.